The molecule has 0 amide bonds. The number of carbonyl (C=O) groups excluding carboxylic acids is 2. The van der Waals surface area contributed by atoms with Crippen LogP contribution in [0.2, 0.25) is 0 Å². The molecule has 0 radical (unpaired) electrons. The Hall–Kier alpha value is -1.73. The van der Waals surface area contributed by atoms with Gasteiger partial charge in [-0.2, -0.15) is 0 Å². The van der Waals surface area contributed by atoms with Crippen LogP contribution in [0.15, 0.2) is 24.3 Å². The predicted octanol–water partition coefficient (Wildman–Crippen LogP) is 0.973. The average molecular weight is 304 g/mol. The first kappa shape index (κ1) is 16.3. The van der Waals surface area contributed by atoms with Crippen LogP contribution in [0, 0.1) is 0 Å². The fraction of sp³-hybridized carbons (Fsp3) is 0.273. The van der Waals surface area contributed by atoms with Crippen molar-refractivity contribution in [3.63, 3.8) is 0 Å². The smallest absolute Gasteiger partial charge is 0.428 e. The Labute approximate surface area is 114 Å². The summed E-state index contributed by atoms with van der Waals surface area (Å²) < 4.78 is 23.9. The molecule has 1 rings (SSSR count). The maximum Gasteiger partial charge on any atom is 0.469 e. The molecule has 0 spiro atoms. The lowest BCUT2D eigenvalue weighted by molar-refractivity contribution is -0.149. The highest BCUT2D eigenvalue weighted by Crippen LogP contribution is 2.36. The van der Waals surface area contributed by atoms with E-state index in [1.54, 1.807) is 0 Å². The van der Waals surface area contributed by atoms with Gasteiger partial charge in [0.25, 0.3) is 0 Å². The molecule has 0 aliphatic carbocycles. The zero-order chi connectivity index (χ0) is 15.2. The van der Waals surface area contributed by atoms with Crippen LogP contribution in [-0.4, -0.2) is 28.5 Å². The Kier molecular flexibility index (Phi) is 5.84. The third-order valence-corrected chi connectivity index (χ3v) is 2.51. The molecule has 8 nitrogen and oxygen atoms in total. The number of ether oxygens (including phenoxy) is 2. The van der Waals surface area contributed by atoms with Gasteiger partial charge in [0.15, 0.2) is 0 Å². The third-order valence-electron chi connectivity index (χ3n) is 2.04. The van der Waals surface area contributed by atoms with Gasteiger partial charge >= 0.3 is 19.8 Å². The van der Waals surface area contributed by atoms with Gasteiger partial charge in [-0.25, -0.2) is 9.36 Å². The minimum absolute atomic E-state index is 0.206. The van der Waals surface area contributed by atoms with Gasteiger partial charge in [-0.1, -0.05) is 12.1 Å². The largest absolute Gasteiger partial charge is 0.469 e. The Morgan fingerprint density at radius 1 is 1.15 bits per heavy atom. The number of phosphoric acid groups is 1. The fourth-order valence-electron chi connectivity index (χ4n) is 1.14. The molecule has 0 atom stereocenters. The van der Waals surface area contributed by atoms with Crippen LogP contribution in [0.4, 0.5) is 0 Å². The molecule has 0 aromatic heterocycles. The quantitative estimate of drug-likeness (QED) is 0.453. The highest BCUT2D eigenvalue weighted by atomic mass is 31.2. The van der Waals surface area contributed by atoms with E-state index in [1.807, 2.05) is 0 Å². The molecular formula is C11H13O8P. The van der Waals surface area contributed by atoms with Gasteiger partial charge in [0.05, 0.1) is 12.2 Å². The maximum absolute atomic E-state index is 11.5. The van der Waals surface area contributed by atoms with E-state index in [-0.39, 0.29) is 12.2 Å². The second-order valence-corrected chi connectivity index (χ2v) is 4.89. The SMILES string of the molecule is CC(=O)OCOC(=O)c1ccc(COP(=O)(O)O)cc1. The molecule has 0 aliphatic rings. The highest BCUT2D eigenvalue weighted by Gasteiger charge is 2.14. The minimum Gasteiger partial charge on any atom is -0.428 e. The first-order valence-corrected chi connectivity index (χ1v) is 6.90. The molecule has 9 heteroatoms. The van der Waals surface area contributed by atoms with Crippen molar-refractivity contribution in [1.29, 1.82) is 0 Å². The fourth-order valence-corrected chi connectivity index (χ4v) is 1.46. The normalized spacial score (nSPS) is 10.9. The van der Waals surface area contributed by atoms with Gasteiger partial charge in [-0.05, 0) is 17.7 Å². The lowest BCUT2D eigenvalue weighted by atomic mass is 10.1. The number of esters is 2. The second-order valence-electron chi connectivity index (χ2n) is 3.65. The molecule has 0 aliphatic heterocycles. The summed E-state index contributed by atoms with van der Waals surface area (Å²) in [6.07, 6.45) is 0. The van der Waals surface area contributed by atoms with Crippen LogP contribution in [0.25, 0.3) is 0 Å². The van der Waals surface area contributed by atoms with Crippen molar-refractivity contribution in [3.05, 3.63) is 35.4 Å². The topological polar surface area (TPSA) is 119 Å². The zero-order valence-electron chi connectivity index (χ0n) is 10.5. The van der Waals surface area contributed by atoms with E-state index in [2.05, 4.69) is 14.0 Å². The van der Waals surface area contributed by atoms with Gasteiger partial charge in [0.2, 0.25) is 6.79 Å². The van der Waals surface area contributed by atoms with Crippen molar-refractivity contribution in [2.75, 3.05) is 6.79 Å². The summed E-state index contributed by atoms with van der Waals surface area (Å²) in [5.74, 6) is -1.25. The van der Waals surface area contributed by atoms with E-state index < -0.39 is 26.6 Å². The zero-order valence-corrected chi connectivity index (χ0v) is 11.4. The van der Waals surface area contributed by atoms with Crippen molar-refractivity contribution in [2.45, 2.75) is 13.5 Å². The van der Waals surface area contributed by atoms with Crippen LogP contribution in [0.3, 0.4) is 0 Å². The third kappa shape index (κ3) is 6.44. The van der Waals surface area contributed by atoms with Gasteiger partial charge in [-0.3, -0.25) is 9.32 Å². The number of hydrogen-bond donors (Lipinski definition) is 2. The Bertz CT molecular complexity index is 518. The number of hydrogen-bond acceptors (Lipinski definition) is 6. The molecule has 0 fully saturated rings. The molecule has 0 saturated carbocycles. The van der Waals surface area contributed by atoms with Crippen LogP contribution < -0.4 is 0 Å². The molecule has 0 heterocycles. The molecule has 0 bridgehead atoms. The van der Waals surface area contributed by atoms with Gasteiger partial charge < -0.3 is 19.3 Å². The molecule has 0 unspecified atom stereocenters. The summed E-state index contributed by atoms with van der Waals surface area (Å²) in [6.45, 7) is 0.425. The van der Waals surface area contributed by atoms with Gasteiger partial charge in [0, 0.05) is 6.92 Å². The molecule has 2 N–H and O–H groups in total. The van der Waals surface area contributed by atoms with Crippen LogP contribution in [0.5, 0.6) is 0 Å². The Balaban J connectivity index is 2.51. The van der Waals surface area contributed by atoms with Crippen LogP contribution in [0.1, 0.15) is 22.8 Å². The standard InChI is InChI=1S/C11H13O8P/c1-8(12)17-7-18-11(13)10-4-2-9(3-5-10)6-19-20(14,15)16/h2-5H,6-7H2,1H3,(H2,14,15,16). The van der Waals surface area contributed by atoms with Crippen molar-refractivity contribution >= 4 is 19.8 Å². The van der Waals surface area contributed by atoms with Crippen LogP contribution >= 0.6 is 7.82 Å². The summed E-state index contributed by atoms with van der Waals surface area (Å²) in [5, 5.41) is 0. The van der Waals surface area contributed by atoms with Crippen molar-refractivity contribution in [1.82, 2.24) is 0 Å². The Morgan fingerprint density at radius 2 is 1.75 bits per heavy atom. The maximum atomic E-state index is 11.5. The minimum atomic E-state index is -4.53. The molecule has 110 valence electrons. The van der Waals surface area contributed by atoms with Crippen molar-refractivity contribution < 1.29 is 37.9 Å². The van der Waals surface area contributed by atoms with E-state index >= 15 is 0 Å². The number of carbonyl (C=O) groups is 2. The van der Waals surface area contributed by atoms with E-state index in [1.165, 1.54) is 31.2 Å². The van der Waals surface area contributed by atoms with E-state index in [0.717, 1.165) is 0 Å². The van der Waals surface area contributed by atoms with E-state index in [4.69, 9.17) is 9.79 Å². The summed E-state index contributed by atoms with van der Waals surface area (Å²) >= 11 is 0. The molecule has 0 saturated heterocycles. The lowest BCUT2D eigenvalue weighted by Crippen LogP contribution is -2.11. The van der Waals surface area contributed by atoms with Crippen LogP contribution in [-0.2, 0) is 30.0 Å². The lowest BCUT2D eigenvalue weighted by Gasteiger charge is -2.07. The van der Waals surface area contributed by atoms with Crippen molar-refractivity contribution in [3.8, 4) is 0 Å². The number of benzene rings is 1. The Morgan fingerprint density at radius 3 is 2.25 bits per heavy atom. The number of rotatable bonds is 6. The van der Waals surface area contributed by atoms with E-state index in [0.29, 0.717) is 5.56 Å². The first-order valence-electron chi connectivity index (χ1n) is 5.37. The highest BCUT2D eigenvalue weighted by molar-refractivity contribution is 7.46. The van der Waals surface area contributed by atoms with E-state index in [9.17, 15) is 14.2 Å². The van der Waals surface area contributed by atoms with Gasteiger partial charge in [0.1, 0.15) is 0 Å². The summed E-state index contributed by atoms with van der Waals surface area (Å²) in [5.41, 5.74) is 0.682. The van der Waals surface area contributed by atoms with Gasteiger partial charge in [-0.15, -0.1) is 0 Å². The number of phosphoric ester groups is 1. The summed E-state index contributed by atoms with van der Waals surface area (Å²) in [6, 6.07) is 5.71. The molecular weight excluding hydrogens is 291 g/mol. The molecule has 1 aromatic carbocycles. The van der Waals surface area contributed by atoms with Crippen molar-refractivity contribution in [2.24, 2.45) is 0 Å². The second kappa shape index (κ2) is 7.16. The first-order chi connectivity index (χ1) is 9.28. The molecule has 20 heavy (non-hydrogen) atoms. The summed E-state index contributed by atoms with van der Waals surface area (Å²) in [4.78, 5) is 39.0. The average Bonchev–Trinajstić information content (AvgIpc) is 2.35. The predicted molar refractivity (Wildman–Crippen MR) is 65.3 cm³/mol. The monoisotopic (exact) mass is 304 g/mol. The molecule has 1 aromatic rings. The summed E-state index contributed by atoms with van der Waals surface area (Å²) in [7, 11) is -4.53.